The van der Waals surface area contributed by atoms with Gasteiger partial charge in [-0.15, -0.1) is 0 Å². The van der Waals surface area contributed by atoms with E-state index >= 15 is 0 Å². The highest BCUT2D eigenvalue weighted by atomic mass is 35.5. The van der Waals surface area contributed by atoms with Gasteiger partial charge in [-0.3, -0.25) is 5.10 Å². The van der Waals surface area contributed by atoms with Crippen molar-refractivity contribution in [3.8, 4) is 0 Å². The Bertz CT molecular complexity index is 724. The number of hydrogen-bond donors (Lipinski definition) is 1. The Morgan fingerprint density at radius 2 is 1.91 bits per heavy atom. The van der Waals surface area contributed by atoms with Crippen molar-refractivity contribution >= 4 is 41.6 Å². The van der Waals surface area contributed by atoms with Gasteiger partial charge in [0.15, 0.2) is 5.82 Å². The highest BCUT2D eigenvalue weighted by Gasteiger charge is 2.21. The second-order valence-corrected chi connectivity index (χ2v) is 6.61. The lowest BCUT2D eigenvalue weighted by Gasteiger charge is -2.19. The van der Waals surface area contributed by atoms with Crippen molar-refractivity contribution in [1.82, 2.24) is 14.9 Å². The van der Waals surface area contributed by atoms with Gasteiger partial charge in [0.1, 0.15) is 0 Å². The van der Waals surface area contributed by atoms with Crippen molar-refractivity contribution in [3.05, 3.63) is 44.4 Å². The average Bonchev–Trinajstić information content (AvgIpc) is 2.89. The summed E-state index contributed by atoms with van der Waals surface area (Å²) < 4.78 is 2.17. The van der Waals surface area contributed by atoms with Crippen LogP contribution in [0.25, 0.3) is 0 Å². The molecule has 4 nitrogen and oxygen atoms in total. The van der Waals surface area contributed by atoms with Crippen molar-refractivity contribution in [2.75, 3.05) is 0 Å². The van der Waals surface area contributed by atoms with Crippen LogP contribution in [0.3, 0.4) is 0 Å². The van der Waals surface area contributed by atoms with Gasteiger partial charge in [0.05, 0.1) is 16.3 Å². The van der Waals surface area contributed by atoms with E-state index in [1.165, 1.54) is 19.3 Å². The predicted molar refractivity (Wildman–Crippen MR) is 92.7 cm³/mol. The smallest absolute Gasteiger partial charge is 0.216 e. The van der Waals surface area contributed by atoms with E-state index in [4.69, 9.17) is 35.4 Å². The van der Waals surface area contributed by atoms with E-state index in [0.29, 0.717) is 26.3 Å². The number of rotatable bonds is 3. The molecule has 0 unspecified atom stereocenters. The predicted octanol–water partition coefficient (Wildman–Crippen LogP) is 5.18. The fourth-order valence-electron chi connectivity index (χ4n) is 2.79. The van der Waals surface area contributed by atoms with Crippen LogP contribution in [-0.2, 0) is 0 Å². The molecular formula is C15H16Cl2N4S. The van der Waals surface area contributed by atoms with Crippen LogP contribution in [0.2, 0.25) is 10.0 Å². The van der Waals surface area contributed by atoms with Gasteiger partial charge in [-0.1, -0.05) is 48.5 Å². The van der Waals surface area contributed by atoms with Gasteiger partial charge in [-0.05, 0) is 37.2 Å². The summed E-state index contributed by atoms with van der Waals surface area (Å²) in [5.41, 5.74) is 0.684. The molecule has 1 aliphatic carbocycles. The second kappa shape index (κ2) is 6.94. The summed E-state index contributed by atoms with van der Waals surface area (Å²) in [6.07, 6.45) is 7.64. The molecule has 7 heteroatoms. The molecule has 0 radical (unpaired) electrons. The lowest BCUT2D eigenvalue weighted by molar-refractivity contribution is 0.419. The van der Waals surface area contributed by atoms with Crippen LogP contribution < -0.4 is 0 Å². The summed E-state index contributed by atoms with van der Waals surface area (Å²) in [6.45, 7) is 0. The van der Waals surface area contributed by atoms with Crippen molar-refractivity contribution in [1.29, 1.82) is 0 Å². The van der Waals surface area contributed by atoms with Crippen LogP contribution in [0.1, 0.15) is 49.4 Å². The number of aromatic amines is 1. The Balaban J connectivity index is 1.93. The number of aromatic nitrogens is 3. The number of nitrogens with one attached hydrogen (secondary N) is 1. The van der Waals surface area contributed by atoms with Gasteiger partial charge < -0.3 is 0 Å². The zero-order valence-corrected chi connectivity index (χ0v) is 14.3. The molecule has 0 aliphatic heterocycles. The lowest BCUT2D eigenvalue weighted by atomic mass is 9.89. The molecule has 0 bridgehead atoms. The van der Waals surface area contributed by atoms with Crippen LogP contribution >= 0.6 is 35.4 Å². The standard InChI is InChI=1S/C15H16Cl2N4S/c16-12-7-4-8-13(17)11(12)9-18-21-14(19-20-15(21)22)10-5-2-1-3-6-10/h4,7-10H,1-3,5-6H2,(H,20,22)/b18-9-. The van der Waals surface area contributed by atoms with E-state index in [2.05, 4.69) is 15.3 Å². The van der Waals surface area contributed by atoms with Crippen LogP contribution in [-0.4, -0.2) is 21.1 Å². The molecule has 1 aromatic heterocycles. The molecule has 0 atom stereocenters. The summed E-state index contributed by atoms with van der Waals surface area (Å²) in [5.74, 6) is 1.30. The molecular weight excluding hydrogens is 339 g/mol. The first-order valence-corrected chi connectivity index (χ1v) is 8.49. The highest BCUT2D eigenvalue weighted by molar-refractivity contribution is 7.71. The van der Waals surface area contributed by atoms with Gasteiger partial charge >= 0.3 is 0 Å². The maximum atomic E-state index is 6.16. The molecule has 0 saturated heterocycles. The van der Waals surface area contributed by atoms with Crippen LogP contribution in [0.5, 0.6) is 0 Å². The maximum Gasteiger partial charge on any atom is 0.216 e. The van der Waals surface area contributed by atoms with Crippen LogP contribution in [0.4, 0.5) is 0 Å². The molecule has 1 fully saturated rings. The lowest BCUT2D eigenvalue weighted by Crippen LogP contribution is -2.10. The van der Waals surface area contributed by atoms with E-state index in [-0.39, 0.29) is 0 Å². The van der Waals surface area contributed by atoms with E-state index in [1.54, 1.807) is 29.1 Å². The zero-order chi connectivity index (χ0) is 15.5. The fraction of sp³-hybridized carbons (Fsp3) is 0.400. The Morgan fingerprint density at radius 1 is 1.23 bits per heavy atom. The van der Waals surface area contributed by atoms with Gasteiger partial charge in [0, 0.05) is 11.5 Å². The molecule has 2 aromatic rings. The molecule has 1 N–H and O–H groups in total. The zero-order valence-electron chi connectivity index (χ0n) is 11.9. The van der Waals surface area contributed by atoms with Gasteiger partial charge in [-0.2, -0.15) is 14.9 Å². The minimum absolute atomic E-state index is 0.403. The third kappa shape index (κ3) is 3.26. The minimum Gasteiger partial charge on any atom is -0.250 e. The maximum absolute atomic E-state index is 6.16. The van der Waals surface area contributed by atoms with Gasteiger partial charge in [-0.25, -0.2) is 0 Å². The van der Waals surface area contributed by atoms with Gasteiger partial charge in [0.2, 0.25) is 4.77 Å². The molecule has 22 heavy (non-hydrogen) atoms. The molecule has 1 aliphatic rings. The van der Waals surface area contributed by atoms with Crippen molar-refractivity contribution in [3.63, 3.8) is 0 Å². The van der Waals surface area contributed by atoms with E-state index in [9.17, 15) is 0 Å². The number of halogens is 2. The largest absolute Gasteiger partial charge is 0.250 e. The molecule has 1 heterocycles. The number of H-pyrrole nitrogens is 1. The Kier molecular flexibility index (Phi) is 4.96. The number of benzene rings is 1. The first-order chi connectivity index (χ1) is 10.7. The van der Waals surface area contributed by atoms with Gasteiger partial charge in [0.25, 0.3) is 0 Å². The summed E-state index contributed by atoms with van der Waals surface area (Å²) >= 11 is 17.6. The van der Waals surface area contributed by atoms with Crippen molar-refractivity contribution in [2.45, 2.75) is 38.0 Å². The van der Waals surface area contributed by atoms with Crippen LogP contribution in [0, 0.1) is 4.77 Å². The number of nitrogens with zero attached hydrogens (tertiary/aromatic N) is 3. The molecule has 1 aromatic carbocycles. The minimum atomic E-state index is 0.403. The molecule has 0 spiro atoms. The molecule has 3 rings (SSSR count). The Hall–Kier alpha value is -1.17. The summed E-state index contributed by atoms with van der Waals surface area (Å²) in [4.78, 5) is 0. The monoisotopic (exact) mass is 354 g/mol. The van der Waals surface area contributed by atoms with E-state index in [0.717, 1.165) is 18.7 Å². The molecule has 116 valence electrons. The van der Waals surface area contributed by atoms with E-state index in [1.807, 2.05) is 0 Å². The quantitative estimate of drug-likeness (QED) is 0.609. The Morgan fingerprint density at radius 3 is 2.59 bits per heavy atom. The SMILES string of the molecule is S=c1[nH]nc(C2CCCCC2)n1/N=C\c1c(Cl)cccc1Cl. The summed E-state index contributed by atoms with van der Waals surface area (Å²) in [5, 5.41) is 12.8. The summed E-state index contributed by atoms with van der Waals surface area (Å²) in [7, 11) is 0. The van der Waals surface area contributed by atoms with E-state index < -0.39 is 0 Å². The third-order valence-electron chi connectivity index (χ3n) is 3.95. The van der Waals surface area contributed by atoms with Crippen molar-refractivity contribution < 1.29 is 0 Å². The number of hydrogen-bond acceptors (Lipinski definition) is 3. The summed E-state index contributed by atoms with van der Waals surface area (Å²) in [6, 6.07) is 5.37. The first-order valence-electron chi connectivity index (χ1n) is 7.32. The first kappa shape index (κ1) is 15.7. The van der Waals surface area contributed by atoms with Crippen LogP contribution in [0.15, 0.2) is 23.3 Å². The topological polar surface area (TPSA) is 46.0 Å². The van der Waals surface area contributed by atoms with Crippen molar-refractivity contribution in [2.24, 2.45) is 5.10 Å². The molecule has 0 amide bonds. The normalized spacial score (nSPS) is 16.5. The fourth-order valence-corrected chi connectivity index (χ4v) is 3.47. The Labute approximate surface area is 144 Å². The average molecular weight is 355 g/mol. The highest BCUT2D eigenvalue weighted by Crippen LogP contribution is 2.31. The second-order valence-electron chi connectivity index (χ2n) is 5.41. The molecule has 1 saturated carbocycles. The third-order valence-corrected chi connectivity index (χ3v) is 4.87.